The molecule has 0 aliphatic rings. The molecule has 0 aliphatic carbocycles. The maximum absolute atomic E-state index is 13.2. The normalized spacial score (nSPS) is 11.1. The van der Waals surface area contributed by atoms with E-state index in [9.17, 15) is 9.18 Å². The first-order valence-corrected chi connectivity index (χ1v) is 7.93. The number of carbonyl (C=O) groups is 1. The summed E-state index contributed by atoms with van der Waals surface area (Å²) in [4.78, 5) is 10.7. The van der Waals surface area contributed by atoms with Crippen molar-refractivity contribution < 1.29 is 14.3 Å². The highest BCUT2D eigenvalue weighted by atomic mass is 79.9. The van der Waals surface area contributed by atoms with E-state index in [4.69, 9.17) is 5.11 Å². The van der Waals surface area contributed by atoms with Gasteiger partial charge >= 0.3 is 5.97 Å². The summed E-state index contributed by atoms with van der Waals surface area (Å²) < 4.78 is 15.6. The lowest BCUT2D eigenvalue weighted by atomic mass is 10.2. The number of rotatable bonds is 5. The molecule has 21 heavy (non-hydrogen) atoms. The third-order valence-electron chi connectivity index (χ3n) is 2.68. The number of carboxylic acids is 1. The van der Waals surface area contributed by atoms with Gasteiger partial charge in [-0.25, -0.2) is 4.39 Å². The summed E-state index contributed by atoms with van der Waals surface area (Å²) in [5, 5.41) is 17.5. The second kappa shape index (κ2) is 6.57. The SMILES string of the molecule is CC(C)n1c(SCC(=O)O)nnc1-c1ccc(F)cc1Br. The Morgan fingerprint density at radius 1 is 1.48 bits per heavy atom. The fourth-order valence-electron chi connectivity index (χ4n) is 1.82. The van der Waals surface area contributed by atoms with Gasteiger partial charge in [0, 0.05) is 16.1 Å². The van der Waals surface area contributed by atoms with Gasteiger partial charge in [0.25, 0.3) is 0 Å². The second-order valence-electron chi connectivity index (χ2n) is 4.58. The summed E-state index contributed by atoms with van der Waals surface area (Å²) in [6.45, 7) is 3.91. The minimum absolute atomic E-state index is 0.0447. The summed E-state index contributed by atoms with van der Waals surface area (Å²) in [5.74, 6) is -0.774. The third-order valence-corrected chi connectivity index (χ3v) is 4.26. The maximum Gasteiger partial charge on any atom is 0.313 e. The lowest BCUT2D eigenvalue weighted by Gasteiger charge is -2.14. The smallest absolute Gasteiger partial charge is 0.313 e. The molecule has 0 saturated carbocycles. The Bertz CT molecular complexity index is 675. The van der Waals surface area contributed by atoms with Crippen LogP contribution in [0.3, 0.4) is 0 Å². The molecule has 0 bridgehead atoms. The van der Waals surface area contributed by atoms with Gasteiger partial charge in [-0.1, -0.05) is 11.8 Å². The number of nitrogens with zero attached hydrogens (tertiary/aromatic N) is 3. The number of carboxylic acid groups (broad SMARTS) is 1. The van der Waals surface area contributed by atoms with Crippen LogP contribution >= 0.6 is 27.7 Å². The molecule has 5 nitrogen and oxygen atoms in total. The van der Waals surface area contributed by atoms with Crippen LogP contribution in [-0.4, -0.2) is 31.6 Å². The zero-order valence-corrected chi connectivity index (χ0v) is 13.8. The standard InChI is InChI=1S/C13H13BrFN3O2S/c1-7(2)18-12(9-4-3-8(15)5-10(9)14)16-17-13(18)21-6-11(19)20/h3-5,7H,6H2,1-2H3,(H,19,20). The molecule has 0 radical (unpaired) electrons. The van der Waals surface area contributed by atoms with Crippen molar-refractivity contribution in [3.8, 4) is 11.4 Å². The molecule has 112 valence electrons. The van der Waals surface area contributed by atoms with E-state index in [1.165, 1.54) is 12.1 Å². The molecule has 0 atom stereocenters. The van der Waals surface area contributed by atoms with Crippen molar-refractivity contribution in [2.45, 2.75) is 25.0 Å². The zero-order valence-electron chi connectivity index (χ0n) is 11.4. The molecule has 1 N–H and O–H groups in total. The Hall–Kier alpha value is -1.41. The van der Waals surface area contributed by atoms with Crippen LogP contribution in [-0.2, 0) is 4.79 Å². The first kappa shape index (κ1) is 16.0. The van der Waals surface area contributed by atoms with E-state index in [-0.39, 0.29) is 17.6 Å². The average molecular weight is 374 g/mol. The van der Waals surface area contributed by atoms with Gasteiger partial charge in [0.1, 0.15) is 5.82 Å². The van der Waals surface area contributed by atoms with Crippen LogP contribution < -0.4 is 0 Å². The van der Waals surface area contributed by atoms with Crippen molar-refractivity contribution in [2.75, 3.05) is 5.75 Å². The Kier molecular flexibility index (Phi) is 5.00. The number of aliphatic carboxylic acids is 1. The number of hydrogen-bond acceptors (Lipinski definition) is 4. The van der Waals surface area contributed by atoms with E-state index in [2.05, 4.69) is 26.1 Å². The summed E-state index contributed by atoms with van der Waals surface area (Å²) in [5.41, 5.74) is 0.708. The predicted octanol–water partition coefficient (Wildman–Crippen LogP) is 3.60. The van der Waals surface area contributed by atoms with Crippen LogP contribution in [0.2, 0.25) is 0 Å². The zero-order chi connectivity index (χ0) is 15.6. The Balaban J connectivity index is 2.46. The Morgan fingerprint density at radius 2 is 2.19 bits per heavy atom. The van der Waals surface area contributed by atoms with Gasteiger partial charge in [0.15, 0.2) is 11.0 Å². The molecule has 1 heterocycles. The number of hydrogen-bond donors (Lipinski definition) is 1. The molecule has 1 aromatic carbocycles. The third kappa shape index (κ3) is 3.62. The average Bonchev–Trinajstić information content (AvgIpc) is 2.80. The monoisotopic (exact) mass is 373 g/mol. The van der Waals surface area contributed by atoms with Gasteiger partial charge in [-0.3, -0.25) is 9.36 Å². The van der Waals surface area contributed by atoms with Gasteiger partial charge in [0.05, 0.1) is 5.75 Å². The summed E-state index contributed by atoms with van der Waals surface area (Å²) in [6, 6.07) is 4.37. The van der Waals surface area contributed by atoms with Crippen LogP contribution in [0.15, 0.2) is 27.8 Å². The Labute approximate surface area is 133 Å². The summed E-state index contributed by atoms with van der Waals surface area (Å²) in [6.07, 6.45) is 0. The van der Waals surface area contributed by atoms with Crippen LogP contribution in [0.5, 0.6) is 0 Å². The molecular formula is C13H13BrFN3O2S. The molecule has 0 saturated heterocycles. The van der Waals surface area contributed by atoms with Crippen LogP contribution in [0.25, 0.3) is 11.4 Å². The summed E-state index contributed by atoms with van der Waals surface area (Å²) >= 11 is 4.42. The Morgan fingerprint density at radius 3 is 2.76 bits per heavy atom. The molecule has 0 amide bonds. The van der Waals surface area contributed by atoms with Crippen molar-refractivity contribution in [3.63, 3.8) is 0 Å². The van der Waals surface area contributed by atoms with Gasteiger partial charge < -0.3 is 5.11 Å². The van der Waals surface area contributed by atoms with E-state index in [0.29, 0.717) is 21.0 Å². The highest BCUT2D eigenvalue weighted by Crippen LogP contribution is 2.32. The van der Waals surface area contributed by atoms with Gasteiger partial charge in [0.2, 0.25) is 0 Å². The van der Waals surface area contributed by atoms with Crippen molar-refractivity contribution in [1.29, 1.82) is 0 Å². The largest absolute Gasteiger partial charge is 0.481 e. The molecule has 0 fully saturated rings. The highest BCUT2D eigenvalue weighted by Gasteiger charge is 2.19. The molecule has 0 unspecified atom stereocenters. The van der Waals surface area contributed by atoms with Crippen LogP contribution in [0.1, 0.15) is 19.9 Å². The fourth-order valence-corrected chi connectivity index (χ4v) is 3.14. The van der Waals surface area contributed by atoms with Crippen molar-refractivity contribution in [1.82, 2.24) is 14.8 Å². The predicted molar refractivity (Wildman–Crippen MR) is 81.9 cm³/mol. The van der Waals surface area contributed by atoms with E-state index < -0.39 is 5.97 Å². The number of aromatic nitrogens is 3. The minimum atomic E-state index is -0.914. The first-order chi connectivity index (χ1) is 9.90. The van der Waals surface area contributed by atoms with Crippen LogP contribution in [0, 0.1) is 5.82 Å². The molecule has 2 rings (SSSR count). The van der Waals surface area contributed by atoms with Gasteiger partial charge in [-0.2, -0.15) is 0 Å². The van der Waals surface area contributed by atoms with Crippen molar-refractivity contribution in [3.05, 3.63) is 28.5 Å². The van der Waals surface area contributed by atoms with Crippen LogP contribution in [0.4, 0.5) is 4.39 Å². The van der Waals surface area contributed by atoms with Gasteiger partial charge in [-0.05, 0) is 48.0 Å². The lowest BCUT2D eigenvalue weighted by molar-refractivity contribution is -0.133. The molecule has 2 aromatic rings. The molecular weight excluding hydrogens is 361 g/mol. The van der Waals surface area contributed by atoms with E-state index >= 15 is 0 Å². The first-order valence-electron chi connectivity index (χ1n) is 6.15. The van der Waals surface area contributed by atoms with E-state index in [1.807, 2.05) is 18.4 Å². The molecule has 0 aliphatic heterocycles. The van der Waals surface area contributed by atoms with Gasteiger partial charge in [-0.15, -0.1) is 10.2 Å². The molecule has 8 heteroatoms. The highest BCUT2D eigenvalue weighted by molar-refractivity contribution is 9.10. The topological polar surface area (TPSA) is 68.0 Å². The van der Waals surface area contributed by atoms with E-state index in [1.54, 1.807) is 6.07 Å². The maximum atomic E-state index is 13.2. The van der Waals surface area contributed by atoms with E-state index in [0.717, 1.165) is 11.8 Å². The number of benzene rings is 1. The quantitative estimate of drug-likeness (QED) is 0.810. The number of halogens is 2. The number of thioether (sulfide) groups is 1. The lowest BCUT2D eigenvalue weighted by Crippen LogP contribution is -2.07. The van der Waals surface area contributed by atoms with Crippen molar-refractivity contribution in [2.24, 2.45) is 0 Å². The summed E-state index contributed by atoms with van der Waals surface area (Å²) in [7, 11) is 0. The fraction of sp³-hybridized carbons (Fsp3) is 0.308. The molecule has 0 spiro atoms. The minimum Gasteiger partial charge on any atom is -0.481 e. The second-order valence-corrected chi connectivity index (χ2v) is 6.37. The van der Waals surface area contributed by atoms with Crippen molar-refractivity contribution >= 4 is 33.7 Å². The molecule has 1 aromatic heterocycles.